The minimum absolute atomic E-state index is 0. The van der Waals surface area contributed by atoms with E-state index < -0.39 is 0 Å². The second kappa shape index (κ2) is 11.9. The van der Waals surface area contributed by atoms with E-state index in [1.807, 2.05) is 24.3 Å². The molecular formula is C20H24AcI4O2. The van der Waals surface area contributed by atoms with Crippen molar-refractivity contribution in [3.05, 3.63) is 49.7 Å². The van der Waals surface area contributed by atoms with Crippen molar-refractivity contribution in [1.29, 1.82) is 0 Å². The van der Waals surface area contributed by atoms with Crippen LogP contribution in [-0.4, -0.2) is 10.2 Å². The summed E-state index contributed by atoms with van der Waals surface area (Å²) >= 11 is 8.87. The van der Waals surface area contributed by atoms with Crippen LogP contribution in [0.1, 0.15) is 52.7 Å². The average Bonchev–Trinajstić information content (AvgIpc) is 2.45. The number of phenolic OH excluding ortho intramolecular Hbond substituents is 2. The van der Waals surface area contributed by atoms with Gasteiger partial charge in [-0.25, -0.2) is 0 Å². The smallest absolute Gasteiger partial charge is 0.132 e. The third kappa shape index (κ3) is 9.19. The molecule has 147 valence electrons. The zero-order chi connectivity index (χ0) is 20.4. The van der Waals surface area contributed by atoms with Gasteiger partial charge < -0.3 is 10.2 Å². The van der Waals surface area contributed by atoms with Gasteiger partial charge in [-0.2, -0.15) is 0 Å². The average molecular weight is 1030 g/mol. The van der Waals surface area contributed by atoms with Gasteiger partial charge in [0, 0.05) is 62.3 Å². The van der Waals surface area contributed by atoms with Crippen molar-refractivity contribution in [3.63, 3.8) is 0 Å². The van der Waals surface area contributed by atoms with Crippen LogP contribution in [0.3, 0.4) is 0 Å². The molecule has 0 bridgehead atoms. The zero-order valence-corrected chi connectivity index (χ0v) is 29.7. The molecule has 0 saturated heterocycles. The fraction of sp³-hybridized carbons (Fsp3) is 0.400. The fourth-order valence-electron chi connectivity index (χ4n) is 2.28. The number of aromatic hydroxyl groups is 2. The first-order valence-electron chi connectivity index (χ1n) is 8.01. The zero-order valence-electron chi connectivity index (χ0n) is 16.3. The molecule has 1 radical (unpaired) electrons. The summed E-state index contributed by atoms with van der Waals surface area (Å²) in [6, 6.07) is 8.04. The van der Waals surface area contributed by atoms with Gasteiger partial charge in [-0.15, -0.1) is 0 Å². The van der Waals surface area contributed by atoms with E-state index in [0.29, 0.717) is 11.5 Å². The van der Waals surface area contributed by atoms with Gasteiger partial charge in [-0.3, -0.25) is 0 Å². The minimum atomic E-state index is 0. The van der Waals surface area contributed by atoms with Crippen LogP contribution in [0.25, 0.3) is 0 Å². The molecule has 0 unspecified atom stereocenters. The molecule has 0 amide bonds. The van der Waals surface area contributed by atoms with E-state index in [1.54, 1.807) is 0 Å². The molecule has 0 aromatic heterocycles. The van der Waals surface area contributed by atoms with Gasteiger partial charge in [0.15, 0.2) is 0 Å². The number of benzene rings is 2. The molecule has 2 aromatic rings. The minimum Gasteiger partial charge on any atom is -0.507 e. The summed E-state index contributed by atoms with van der Waals surface area (Å²) in [5.74, 6) is 0.849. The Labute approximate surface area is 253 Å². The number of hydrogen-bond acceptors (Lipinski definition) is 2. The van der Waals surface area contributed by atoms with E-state index >= 15 is 0 Å². The molecular weight excluding hydrogens is 1010 g/mol. The molecule has 0 saturated carbocycles. The van der Waals surface area contributed by atoms with Gasteiger partial charge in [0.25, 0.3) is 0 Å². The van der Waals surface area contributed by atoms with Gasteiger partial charge in [-0.1, -0.05) is 41.5 Å². The van der Waals surface area contributed by atoms with Gasteiger partial charge in [0.2, 0.25) is 0 Å². The summed E-state index contributed by atoms with van der Waals surface area (Å²) in [4.78, 5) is 0. The van der Waals surface area contributed by atoms with Gasteiger partial charge in [0.05, 0.1) is 7.14 Å². The van der Waals surface area contributed by atoms with E-state index in [4.69, 9.17) is 0 Å². The predicted octanol–water partition coefficient (Wildman–Crippen LogP) is 7.80. The van der Waals surface area contributed by atoms with Crippen molar-refractivity contribution in [3.8, 4) is 11.5 Å². The molecule has 2 nitrogen and oxygen atoms in total. The molecule has 0 aliphatic rings. The van der Waals surface area contributed by atoms with Crippen LogP contribution in [0, 0.1) is 58.3 Å². The van der Waals surface area contributed by atoms with Crippen molar-refractivity contribution in [2.45, 2.75) is 52.4 Å². The van der Waals surface area contributed by atoms with Crippen molar-refractivity contribution >= 4 is 90.4 Å². The maximum absolute atomic E-state index is 9.85. The van der Waals surface area contributed by atoms with E-state index in [1.165, 1.54) is 7.14 Å². The molecule has 7 heteroatoms. The molecule has 2 N–H and O–H groups in total. The normalized spacial score (nSPS) is 11.3. The first kappa shape index (κ1) is 29.4. The fourth-order valence-corrected chi connectivity index (χ4v) is 5.96. The number of hydrogen-bond donors (Lipinski definition) is 2. The van der Waals surface area contributed by atoms with Crippen LogP contribution in [0.15, 0.2) is 24.3 Å². The number of phenols is 2. The largest absolute Gasteiger partial charge is 0.507 e. The van der Waals surface area contributed by atoms with Crippen LogP contribution in [0.4, 0.5) is 0 Å². The van der Waals surface area contributed by atoms with Gasteiger partial charge in [-0.05, 0) is 125 Å². The first-order valence-corrected chi connectivity index (χ1v) is 12.3. The SMILES string of the molecule is CC(C)(C)c1cc(I)cc(I)c1O.CC(C)(C)c1cc(I)cc(I)c1O.[Ac]. The Morgan fingerprint density at radius 2 is 0.852 bits per heavy atom. The maximum Gasteiger partial charge on any atom is 0.132 e. The Balaban J connectivity index is 0.000000483. The Morgan fingerprint density at radius 1 is 0.593 bits per heavy atom. The topological polar surface area (TPSA) is 40.5 Å². The molecule has 0 atom stereocenters. The van der Waals surface area contributed by atoms with Crippen molar-refractivity contribution in [2.24, 2.45) is 0 Å². The number of rotatable bonds is 0. The van der Waals surface area contributed by atoms with Gasteiger partial charge in [0.1, 0.15) is 11.5 Å². The molecule has 0 heterocycles. The monoisotopic (exact) mass is 1030 g/mol. The van der Waals surface area contributed by atoms with Crippen molar-refractivity contribution in [2.75, 3.05) is 0 Å². The summed E-state index contributed by atoms with van der Waals surface area (Å²) in [5, 5.41) is 19.7. The van der Waals surface area contributed by atoms with E-state index in [0.717, 1.165) is 18.3 Å². The van der Waals surface area contributed by atoms with Gasteiger partial charge >= 0.3 is 0 Å². The van der Waals surface area contributed by atoms with E-state index in [2.05, 4.69) is 132 Å². The predicted molar refractivity (Wildman–Crippen MR) is 144 cm³/mol. The molecule has 0 spiro atoms. The summed E-state index contributed by atoms with van der Waals surface area (Å²) < 4.78 is 4.19. The Kier molecular flexibility index (Phi) is 12.9. The Bertz CT molecular complexity index is 727. The molecule has 27 heavy (non-hydrogen) atoms. The first-order chi connectivity index (χ1) is 11.6. The van der Waals surface area contributed by atoms with E-state index in [-0.39, 0.29) is 54.9 Å². The molecule has 2 aromatic carbocycles. The van der Waals surface area contributed by atoms with Crippen LogP contribution >= 0.6 is 90.4 Å². The molecule has 0 aliphatic carbocycles. The molecule has 0 fully saturated rings. The van der Waals surface area contributed by atoms with Crippen molar-refractivity contribution in [1.82, 2.24) is 0 Å². The summed E-state index contributed by atoms with van der Waals surface area (Å²) in [6.45, 7) is 12.6. The molecule has 2 rings (SSSR count). The Morgan fingerprint density at radius 3 is 1.07 bits per heavy atom. The quantitative estimate of drug-likeness (QED) is 0.265. The third-order valence-electron chi connectivity index (χ3n) is 3.67. The van der Waals surface area contributed by atoms with Crippen molar-refractivity contribution < 1.29 is 54.3 Å². The maximum atomic E-state index is 9.85. The third-order valence-corrected chi connectivity index (χ3v) is 6.56. The summed E-state index contributed by atoms with van der Waals surface area (Å²) in [5.41, 5.74) is 2.05. The van der Waals surface area contributed by atoms with Crippen LogP contribution in [-0.2, 0) is 10.8 Å². The van der Waals surface area contributed by atoms with Crippen LogP contribution < -0.4 is 0 Å². The second-order valence-electron chi connectivity index (χ2n) is 8.07. The summed E-state index contributed by atoms with van der Waals surface area (Å²) in [7, 11) is 0. The number of halogens is 4. The Hall–Kier alpha value is 2.40. The van der Waals surface area contributed by atoms with E-state index in [9.17, 15) is 10.2 Å². The standard InChI is InChI=1S/2C10H12I2O.Ac/c2*1-10(2,3)7-4-6(11)5-8(12)9(7)13;/h2*4-5,13H,1-3H3;. The van der Waals surface area contributed by atoms with Crippen LogP contribution in [0.5, 0.6) is 11.5 Å². The van der Waals surface area contributed by atoms with Crippen LogP contribution in [0.2, 0.25) is 0 Å². The molecule has 0 aliphatic heterocycles. The second-order valence-corrected chi connectivity index (χ2v) is 12.9. The summed E-state index contributed by atoms with van der Waals surface area (Å²) in [6.07, 6.45) is 0.